The molecule has 1 fully saturated rings. The van der Waals surface area contributed by atoms with E-state index in [1.165, 1.54) is 6.07 Å². The van der Waals surface area contributed by atoms with Gasteiger partial charge in [-0.05, 0) is 48.9 Å². The van der Waals surface area contributed by atoms with E-state index in [1.54, 1.807) is 53.4 Å². The minimum Gasteiger partial charge on any atom is -0.367 e. The molecule has 33 heavy (non-hydrogen) atoms. The summed E-state index contributed by atoms with van der Waals surface area (Å²) in [5.41, 5.74) is 3.04. The molecule has 1 aliphatic rings. The molecule has 0 unspecified atom stereocenters. The first-order valence-electron chi connectivity index (χ1n) is 10.7. The van der Waals surface area contributed by atoms with Crippen molar-refractivity contribution in [2.24, 2.45) is 0 Å². The van der Waals surface area contributed by atoms with Gasteiger partial charge in [0.05, 0.1) is 5.69 Å². The number of hydrogen-bond acceptors (Lipinski definition) is 4. The standard InChI is InChI=1S/C26H23FN4O2/c1-18-10-11-20(16-23(18)29-25(32)19-6-3-2-4-7-19)26(33)31-14-12-30(13-15-31)24-9-5-8-22(27)21(24)17-28/h2-11,16H,12-15H2,1H3,(H,29,32). The van der Waals surface area contributed by atoms with E-state index in [4.69, 9.17) is 0 Å². The molecule has 1 heterocycles. The van der Waals surface area contributed by atoms with Crippen molar-refractivity contribution in [3.63, 3.8) is 0 Å². The third-order valence-electron chi connectivity index (χ3n) is 5.78. The van der Waals surface area contributed by atoms with Gasteiger partial charge in [-0.2, -0.15) is 5.26 Å². The van der Waals surface area contributed by atoms with Crippen LogP contribution in [0.1, 0.15) is 31.8 Å². The summed E-state index contributed by atoms with van der Waals surface area (Å²) in [7, 11) is 0. The number of rotatable bonds is 4. The Balaban J connectivity index is 1.45. The maximum absolute atomic E-state index is 14.0. The number of anilines is 2. The molecule has 3 aromatic rings. The fourth-order valence-electron chi connectivity index (χ4n) is 3.89. The normalized spacial score (nSPS) is 13.4. The van der Waals surface area contributed by atoms with Gasteiger partial charge in [0.2, 0.25) is 0 Å². The van der Waals surface area contributed by atoms with E-state index in [-0.39, 0.29) is 17.4 Å². The van der Waals surface area contributed by atoms with Crippen LogP contribution in [-0.4, -0.2) is 42.9 Å². The van der Waals surface area contributed by atoms with Crippen molar-refractivity contribution in [1.29, 1.82) is 5.26 Å². The monoisotopic (exact) mass is 442 g/mol. The van der Waals surface area contributed by atoms with Crippen LogP contribution in [0.15, 0.2) is 66.7 Å². The predicted molar refractivity (Wildman–Crippen MR) is 125 cm³/mol. The van der Waals surface area contributed by atoms with Crippen molar-refractivity contribution in [3.8, 4) is 6.07 Å². The lowest BCUT2D eigenvalue weighted by atomic mass is 10.1. The second kappa shape index (κ2) is 9.53. The van der Waals surface area contributed by atoms with Crippen LogP contribution in [0.4, 0.5) is 15.8 Å². The lowest BCUT2D eigenvalue weighted by Crippen LogP contribution is -2.49. The molecule has 0 radical (unpaired) electrons. The first kappa shape index (κ1) is 22.0. The summed E-state index contributed by atoms with van der Waals surface area (Å²) < 4.78 is 14.0. The summed E-state index contributed by atoms with van der Waals surface area (Å²) in [4.78, 5) is 29.3. The molecule has 1 N–H and O–H groups in total. The van der Waals surface area contributed by atoms with Crippen LogP contribution in [0.2, 0.25) is 0 Å². The highest BCUT2D eigenvalue weighted by molar-refractivity contribution is 6.05. The molecule has 0 aromatic heterocycles. The number of amides is 2. The zero-order chi connectivity index (χ0) is 23.4. The van der Waals surface area contributed by atoms with Crippen LogP contribution < -0.4 is 10.2 Å². The van der Waals surface area contributed by atoms with Gasteiger partial charge in [0, 0.05) is 43.0 Å². The van der Waals surface area contributed by atoms with Gasteiger partial charge in [0.1, 0.15) is 17.4 Å². The molecule has 1 aliphatic heterocycles. The maximum atomic E-state index is 14.0. The highest BCUT2D eigenvalue weighted by Crippen LogP contribution is 2.25. The third-order valence-corrected chi connectivity index (χ3v) is 5.78. The van der Waals surface area contributed by atoms with Gasteiger partial charge in [-0.3, -0.25) is 9.59 Å². The predicted octanol–water partition coefficient (Wildman–Crippen LogP) is 4.22. The number of nitriles is 1. The van der Waals surface area contributed by atoms with E-state index in [0.717, 1.165) is 5.56 Å². The molecule has 0 saturated carbocycles. The van der Waals surface area contributed by atoms with Crippen LogP contribution in [0.3, 0.4) is 0 Å². The van der Waals surface area contributed by atoms with E-state index >= 15 is 0 Å². The topological polar surface area (TPSA) is 76.4 Å². The van der Waals surface area contributed by atoms with E-state index in [9.17, 15) is 19.2 Å². The summed E-state index contributed by atoms with van der Waals surface area (Å²) in [6, 6.07) is 20.7. The molecule has 166 valence electrons. The second-order valence-corrected chi connectivity index (χ2v) is 7.87. The number of carbonyl (C=O) groups excluding carboxylic acids is 2. The van der Waals surface area contributed by atoms with Crippen LogP contribution >= 0.6 is 0 Å². The van der Waals surface area contributed by atoms with Crippen molar-refractivity contribution in [2.75, 3.05) is 36.4 Å². The van der Waals surface area contributed by atoms with Crippen LogP contribution in [0, 0.1) is 24.1 Å². The fourth-order valence-corrected chi connectivity index (χ4v) is 3.89. The van der Waals surface area contributed by atoms with Crippen LogP contribution in [0.5, 0.6) is 0 Å². The number of aryl methyl sites for hydroxylation is 1. The summed E-state index contributed by atoms with van der Waals surface area (Å²) in [6.07, 6.45) is 0. The number of halogens is 1. The Morgan fingerprint density at radius 3 is 2.36 bits per heavy atom. The second-order valence-electron chi connectivity index (χ2n) is 7.87. The SMILES string of the molecule is Cc1ccc(C(=O)N2CCN(c3cccc(F)c3C#N)CC2)cc1NC(=O)c1ccccc1. The Hall–Kier alpha value is -4.18. The smallest absolute Gasteiger partial charge is 0.255 e. The van der Waals surface area contributed by atoms with E-state index < -0.39 is 5.82 Å². The first-order chi connectivity index (χ1) is 16.0. The first-order valence-corrected chi connectivity index (χ1v) is 10.7. The lowest BCUT2D eigenvalue weighted by Gasteiger charge is -2.36. The largest absolute Gasteiger partial charge is 0.367 e. The molecule has 3 aromatic carbocycles. The number of benzene rings is 3. The minimum atomic E-state index is -0.543. The Bertz CT molecular complexity index is 1230. The molecule has 4 rings (SSSR count). The molecular formula is C26H23FN4O2. The third kappa shape index (κ3) is 4.70. The molecule has 0 bridgehead atoms. The van der Waals surface area contributed by atoms with Crippen molar-refractivity contribution >= 4 is 23.2 Å². The lowest BCUT2D eigenvalue weighted by molar-refractivity contribution is 0.0746. The van der Waals surface area contributed by atoms with Gasteiger partial charge in [-0.25, -0.2) is 4.39 Å². The van der Waals surface area contributed by atoms with Gasteiger partial charge in [-0.15, -0.1) is 0 Å². The van der Waals surface area contributed by atoms with Crippen molar-refractivity contribution in [2.45, 2.75) is 6.92 Å². The van der Waals surface area contributed by atoms with Gasteiger partial charge < -0.3 is 15.1 Å². The molecule has 0 spiro atoms. The highest BCUT2D eigenvalue weighted by Gasteiger charge is 2.25. The number of nitrogens with one attached hydrogen (secondary N) is 1. The Kier molecular flexibility index (Phi) is 6.36. The minimum absolute atomic E-state index is 0.0228. The Morgan fingerprint density at radius 1 is 0.939 bits per heavy atom. The number of hydrogen-bond donors (Lipinski definition) is 1. The van der Waals surface area contributed by atoms with Crippen molar-refractivity contribution in [3.05, 3.63) is 94.8 Å². The van der Waals surface area contributed by atoms with Gasteiger partial charge in [0.25, 0.3) is 11.8 Å². The zero-order valence-electron chi connectivity index (χ0n) is 18.2. The van der Waals surface area contributed by atoms with Gasteiger partial charge in [0.15, 0.2) is 0 Å². The van der Waals surface area contributed by atoms with E-state index in [2.05, 4.69) is 5.32 Å². The molecule has 0 aliphatic carbocycles. The van der Waals surface area contributed by atoms with Crippen molar-refractivity contribution in [1.82, 2.24) is 4.90 Å². The Morgan fingerprint density at radius 2 is 1.67 bits per heavy atom. The van der Waals surface area contributed by atoms with Crippen molar-refractivity contribution < 1.29 is 14.0 Å². The average Bonchev–Trinajstić information content (AvgIpc) is 2.85. The zero-order valence-corrected chi connectivity index (χ0v) is 18.2. The summed E-state index contributed by atoms with van der Waals surface area (Å²) in [6.45, 7) is 3.75. The number of nitrogens with zero attached hydrogens (tertiary/aromatic N) is 3. The summed E-state index contributed by atoms with van der Waals surface area (Å²) in [5.74, 6) is -0.914. The maximum Gasteiger partial charge on any atom is 0.255 e. The fraction of sp³-hybridized carbons (Fsp3) is 0.192. The molecule has 1 saturated heterocycles. The number of piperazine rings is 1. The molecule has 0 atom stereocenters. The Labute approximate surface area is 191 Å². The summed E-state index contributed by atoms with van der Waals surface area (Å²) in [5, 5.41) is 12.2. The van der Waals surface area contributed by atoms with Crippen LogP contribution in [-0.2, 0) is 0 Å². The molecule has 7 heteroatoms. The summed E-state index contributed by atoms with van der Waals surface area (Å²) >= 11 is 0. The number of carbonyl (C=O) groups is 2. The molecule has 2 amide bonds. The van der Waals surface area contributed by atoms with Crippen LogP contribution in [0.25, 0.3) is 0 Å². The van der Waals surface area contributed by atoms with E-state index in [0.29, 0.717) is 48.7 Å². The average molecular weight is 442 g/mol. The van der Waals surface area contributed by atoms with Gasteiger partial charge >= 0.3 is 0 Å². The quantitative estimate of drug-likeness (QED) is 0.656. The van der Waals surface area contributed by atoms with E-state index in [1.807, 2.05) is 30.0 Å². The molecule has 6 nitrogen and oxygen atoms in total. The molecular weight excluding hydrogens is 419 g/mol. The highest BCUT2D eigenvalue weighted by atomic mass is 19.1. The van der Waals surface area contributed by atoms with Gasteiger partial charge in [-0.1, -0.05) is 30.3 Å².